The summed E-state index contributed by atoms with van der Waals surface area (Å²) in [5, 5.41) is 21.2. The van der Waals surface area contributed by atoms with E-state index in [0.29, 0.717) is 19.6 Å². The maximum atomic E-state index is 11.6. The zero-order valence-electron chi connectivity index (χ0n) is 11.2. The third kappa shape index (κ3) is 4.60. The lowest BCUT2D eigenvalue weighted by molar-refractivity contribution is 0.0690. The molecule has 1 aromatic heterocycles. The van der Waals surface area contributed by atoms with Crippen LogP contribution >= 0.6 is 0 Å². The summed E-state index contributed by atoms with van der Waals surface area (Å²) < 4.78 is 1.36. The minimum absolute atomic E-state index is 0.122. The van der Waals surface area contributed by atoms with Crippen LogP contribution in [-0.2, 0) is 13.1 Å². The largest absolute Gasteiger partial charge is 0.476 e. The van der Waals surface area contributed by atoms with Crippen LogP contribution in [0, 0.1) is 0 Å². The van der Waals surface area contributed by atoms with Crippen molar-refractivity contribution in [2.45, 2.75) is 13.1 Å². The standard InChI is InChI=1S/C13H15N5O3/c19-12(20)11-9-18(17-16-11)7-6-14-13(21)15-8-10-4-2-1-3-5-10/h1-5,9H,6-8H2,(H,19,20)(H2,14,15,21). The molecule has 2 amide bonds. The van der Waals surface area contributed by atoms with Crippen LogP contribution in [0.15, 0.2) is 36.5 Å². The van der Waals surface area contributed by atoms with Gasteiger partial charge < -0.3 is 15.7 Å². The van der Waals surface area contributed by atoms with Gasteiger partial charge >= 0.3 is 12.0 Å². The minimum atomic E-state index is -1.13. The third-order valence-electron chi connectivity index (χ3n) is 2.68. The average molecular weight is 289 g/mol. The van der Waals surface area contributed by atoms with Crippen molar-refractivity contribution in [1.82, 2.24) is 25.6 Å². The number of nitrogens with zero attached hydrogens (tertiary/aromatic N) is 3. The highest BCUT2D eigenvalue weighted by atomic mass is 16.4. The number of benzene rings is 1. The summed E-state index contributed by atoms with van der Waals surface area (Å²) in [5.41, 5.74) is 0.888. The molecule has 21 heavy (non-hydrogen) atoms. The summed E-state index contributed by atoms with van der Waals surface area (Å²) in [6, 6.07) is 9.26. The first-order valence-electron chi connectivity index (χ1n) is 6.34. The highest BCUT2D eigenvalue weighted by Gasteiger charge is 2.08. The second-order valence-corrected chi connectivity index (χ2v) is 4.27. The van der Waals surface area contributed by atoms with Crippen LogP contribution in [0.1, 0.15) is 16.1 Å². The fraction of sp³-hybridized carbons (Fsp3) is 0.231. The molecule has 0 radical (unpaired) electrons. The highest BCUT2D eigenvalue weighted by molar-refractivity contribution is 5.84. The van der Waals surface area contributed by atoms with Gasteiger partial charge in [-0.25, -0.2) is 14.3 Å². The van der Waals surface area contributed by atoms with E-state index in [9.17, 15) is 9.59 Å². The summed E-state index contributed by atoms with van der Waals surface area (Å²) in [6.07, 6.45) is 1.31. The number of aromatic carboxylic acids is 1. The molecule has 0 aliphatic rings. The van der Waals surface area contributed by atoms with Crippen molar-refractivity contribution in [1.29, 1.82) is 0 Å². The van der Waals surface area contributed by atoms with Crippen LogP contribution in [-0.4, -0.2) is 38.6 Å². The molecular formula is C13H15N5O3. The summed E-state index contributed by atoms with van der Waals surface area (Å²) >= 11 is 0. The number of aromatic nitrogens is 3. The van der Waals surface area contributed by atoms with Crippen molar-refractivity contribution >= 4 is 12.0 Å². The molecule has 1 heterocycles. The Kier molecular flexibility index (Phi) is 4.86. The summed E-state index contributed by atoms with van der Waals surface area (Å²) in [4.78, 5) is 22.2. The molecule has 0 spiro atoms. The molecule has 0 saturated heterocycles. The molecule has 0 unspecified atom stereocenters. The van der Waals surface area contributed by atoms with Crippen LogP contribution in [0.25, 0.3) is 0 Å². The summed E-state index contributed by atoms with van der Waals surface area (Å²) in [7, 11) is 0. The molecule has 0 saturated carbocycles. The van der Waals surface area contributed by atoms with Gasteiger partial charge in [0.2, 0.25) is 0 Å². The molecule has 3 N–H and O–H groups in total. The predicted molar refractivity (Wildman–Crippen MR) is 73.7 cm³/mol. The van der Waals surface area contributed by atoms with E-state index >= 15 is 0 Å². The molecule has 0 aliphatic heterocycles. The fourth-order valence-corrected chi connectivity index (χ4v) is 1.63. The lowest BCUT2D eigenvalue weighted by Gasteiger charge is -2.07. The number of hydrogen-bond donors (Lipinski definition) is 3. The lowest BCUT2D eigenvalue weighted by atomic mass is 10.2. The van der Waals surface area contributed by atoms with Gasteiger partial charge in [-0.05, 0) is 5.56 Å². The Balaban J connectivity index is 1.68. The van der Waals surface area contributed by atoms with Crippen LogP contribution in [0.2, 0.25) is 0 Å². The van der Waals surface area contributed by atoms with E-state index in [1.165, 1.54) is 10.9 Å². The van der Waals surface area contributed by atoms with Crippen molar-refractivity contribution in [3.8, 4) is 0 Å². The number of carbonyl (C=O) groups is 2. The predicted octanol–water partition coefficient (Wildman–Crippen LogP) is 0.476. The van der Waals surface area contributed by atoms with Crippen molar-refractivity contribution in [3.63, 3.8) is 0 Å². The van der Waals surface area contributed by atoms with Crippen LogP contribution < -0.4 is 10.6 Å². The van der Waals surface area contributed by atoms with E-state index in [1.54, 1.807) is 0 Å². The Morgan fingerprint density at radius 3 is 2.62 bits per heavy atom. The van der Waals surface area contributed by atoms with E-state index < -0.39 is 5.97 Å². The monoisotopic (exact) mass is 289 g/mol. The number of nitrogens with one attached hydrogen (secondary N) is 2. The van der Waals surface area contributed by atoms with E-state index in [4.69, 9.17) is 5.11 Å². The van der Waals surface area contributed by atoms with Crippen LogP contribution in [0.5, 0.6) is 0 Å². The zero-order valence-corrected chi connectivity index (χ0v) is 11.2. The molecule has 2 aromatic rings. The maximum Gasteiger partial charge on any atom is 0.358 e. The molecule has 0 aliphatic carbocycles. The van der Waals surface area contributed by atoms with Crippen molar-refractivity contribution < 1.29 is 14.7 Å². The molecule has 110 valence electrons. The number of rotatable bonds is 6. The fourth-order valence-electron chi connectivity index (χ4n) is 1.63. The number of urea groups is 1. The Hall–Kier alpha value is -2.90. The molecule has 0 bridgehead atoms. The Bertz CT molecular complexity index is 611. The van der Waals surface area contributed by atoms with Gasteiger partial charge in [-0.1, -0.05) is 35.5 Å². The van der Waals surface area contributed by atoms with Crippen molar-refractivity contribution in [2.24, 2.45) is 0 Å². The molecule has 8 nitrogen and oxygen atoms in total. The van der Waals surface area contributed by atoms with Crippen molar-refractivity contribution in [2.75, 3.05) is 6.54 Å². The Morgan fingerprint density at radius 1 is 1.19 bits per heavy atom. The Morgan fingerprint density at radius 2 is 1.95 bits per heavy atom. The van der Waals surface area contributed by atoms with Gasteiger partial charge in [0.15, 0.2) is 5.69 Å². The smallest absolute Gasteiger partial charge is 0.358 e. The first kappa shape index (κ1) is 14.5. The van der Waals surface area contributed by atoms with Gasteiger partial charge in [0, 0.05) is 13.1 Å². The minimum Gasteiger partial charge on any atom is -0.476 e. The number of carboxylic acids is 1. The quantitative estimate of drug-likeness (QED) is 0.716. The summed E-state index contributed by atoms with van der Waals surface area (Å²) in [6.45, 7) is 1.11. The topological polar surface area (TPSA) is 109 Å². The second kappa shape index (κ2) is 7.04. The molecule has 1 aromatic carbocycles. The first-order valence-corrected chi connectivity index (χ1v) is 6.34. The van der Waals surface area contributed by atoms with Gasteiger partial charge in [-0.15, -0.1) is 5.10 Å². The van der Waals surface area contributed by atoms with Crippen LogP contribution in [0.3, 0.4) is 0 Å². The number of amides is 2. The maximum absolute atomic E-state index is 11.6. The normalized spacial score (nSPS) is 10.1. The first-order chi connectivity index (χ1) is 10.1. The third-order valence-corrected chi connectivity index (χ3v) is 2.68. The molecular weight excluding hydrogens is 274 g/mol. The van der Waals surface area contributed by atoms with Crippen LogP contribution in [0.4, 0.5) is 4.79 Å². The highest BCUT2D eigenvalue weighted by Crippen LogP contribution is 1.96. The zero-order chi connectivity index (χ0) is 15.1. The van der Waals surface area contributed by atoms with Gasteiger partial charge in [0.05, 0.1) is 12.7 Å². The van der Waals surface area contributed by atoms with E-state index in [2.05, 4.69) is 20.9 Å². The molecule has 2 rings (SSSR count). The second-order valence-electron chi connectivity index (χ2n) is 4.27. The number of carboxylic acid groups (broad SMARTS) is 1. The van der Waals surface area contributed by atoms with Gasteiger partial charge in [0.25, 0.3) is 0 Å². The van der Waals surface area contributed by atoms with E-state index in [0.717, 1.165) is 5.56 Å². The molecule has 8 heteroatoms. The van der Waals surface area contributed by atoms with E-state index in [1.807, 2.05) is 30.3 Å². The van der Waals surface area contributed by atoms with Gasteiger partial charge in [-0.3, -0.25) is 0 Å². The molecule has 0 fully saturated rings. The lowest BCUT2D eigenvalue weighted by Crippen LogP contribution is -2.36. The molecule has 0 atom stereocenters. The number of hydrogen-bond acceptors (Lipinski definition) is 4. The Labute approximate surface area is 120 Å². The summed E-state index contributed by atoms with van der Waals surface area (Å²) in [5.74, 6) is -1.13. The van der Waals surface area contributed by atoms with E-state index in [-0.39, 0.29) is 11.7 Å². The van der Waals surface area contributed by atoms with Crippen molar-refractivity contribution in [3.05, 3.63) is 47.8 Å². The van der Waals surface area contributed by atoms with Gasteiger partial charge in [0.1, 0.15) is 0 Å². The average Bonchev–Trinajstić information content (AvgIpc) is 2.95. The van der Waals surface area contributed by atoms with Gasteiger partial charge in [-0.2, -0.15) is 0 Å². The SMILES string of the molecule is O=C(NCCn1cc(C(=O)O)nn1)NCc1ccccc1. The number of carbonyl (C=O) groups excluding carboxylic acids is 1.